The quantitative estimate of drug-likeness (QED) is 0.351. The largest absolute Gasteiger partial charge is 0.469 e. The first-order valence-corrected chi connectivity index (χ1v) is 13.9. The molecule has 0 heterocycles. The van der Waals surface area contributed by atoms with Crippen LogP contribution in [0.5, 0.6) is 0 Å². The minimum absolute atomic E-state index is 0.0479. The van der Waals surface area contributed by atoms with Crippen LogP contribution >= 0.6 is 0 Å². The highest BCUT2D eigenvalue weighted by molar-refractivity contribution is 5.69. The molecule has 4 rings (SSSR count). The molecular weight excluding hydrogens is 444 g/mol. The van der Waals surface area contributed by atoms with Crippen molar-refractivity contribution in [3.05, 3.63) is 0 Å². The lowest BCUT2D eigenvalue weighted by atomic mass is 9.43. The van der Waals surface area contributed by atoms with E-state index in [1.54, 1.807) is 6.92 Å². The van der Waals surface area contributed by atoms with Gasteiger partial charge in [0, 0.05) is 25.7 Å². The highest BCUT2D eigenvalue weighted by atomic mass is 16.5. The predicted octanol–water partition coefficient (Wildman–Crippen LogP) is 5.71. The van der Waals surface area contributed by atoms with E-state index in [-0.39, 0.29) is 40.9 Å². The molecular formula is C29H46O6. The molecule has 0 aliphatic heterocycles. The predicted molar refractivity (Wildman–Crippen MR) is 132 cm³/mol. The van der Waals surface area contributed by atoms with Gasteiger partial charge < -0.3 is 14.2 Å². The molecule has 6 heteroatoms. The van der Waals surface area contributed by atoms with Gasteiger partial charge in [-0.1, -0.05) is 20.8 Å². The van der Waals surface area contributed by atoms with Crippen LogP contribution in [0.2, 0.25) is 0 Å². The summed E-state index contributed by atoms with van der Waals surface area (Å²) >= 11 is 0. The van der Waals surface area contributed by atoms with Gasteiger partial charge in [0.25, 0.3) is 0 Å². The molecule has 4 saturated carbocycles. The maximum absolute atomic E-state index is 12.3. The Hall–Kier alpha value is -1.59. The minimum atomic E-state index is -0.183. The zero-order valence-corrected chi connectivity index (χ0v) is 22.6. The van der Waals surface area contributed by atoms with Crippen molar-refractivity contribution < 1.29 is 28.6 Å². The monoisotopic (exact) mass is 490 g/mol. The van der Waals surface area contributed by atoms with Crippen LogP contribution in [0.15, 0.2) is 0 Å². The third-order valence-corrected chi connectivity index (χ3v) is 11.1. The van der Waals surface area contributed by atoms with Gasteiger partial charge >= 0.3 is 17.9 Å². The lowest BCUT2D eigenvalue weighted by Crippen LogP contribution is -2.59. The van der Waals surface area contributed by atoms with Crippen molar-refractivity contribution in [1.82, 2.24) is 0 Å². The molecule has 4 aliphatic carbocycles. The van der Waals surface area contributed by atoms with Crippen LogP contribution in [0.1, 0.15) is 98.8 Å². The van der Waals surface area contributed by atoms with Crippen LogP contribution < -0.4 is 0 Å². The average Bonchev–Trinajstić information content (AvgIpc) is 3.16. The molecule has 0 unspecified atom stereocenters. The summed E-state index contributed by atoms with van der Waals surface area (Å²) in [5, 5.41) is 0. The van der Waals surface area contributed by atoms with Crippen LogP contribution in [-0.2, 0) is 28.6 Å². The van der Waals surface area contributed by atoms with Gasteiger partial charge in [-0.15, -0.1) is 0 Å². The summed E-state index contributed by atoms with van der Waals surface area (Å²) in [5.41, 5.74) is 0.147. The summed E-state index contributed by atoms with van der Waals surface area (Å²) in [4.78, 5) is 35.7. The molecule has 0 N–H and O–H groups in total. The molecule has 0 spiro atoms. The van der Waals surface area contributed by atoms with Crippen molar-refractivity contribution >= 4 is 17.9 Å². The summed E-state index contributed by atoms with van der Waals surface area (Å²) in [6.07, 6.45) is 9.87. The van der Waals surface area contributed by atoms with Crippen molar-refractivity contribution in [2.75, 3.05) is 7.11 Å². The van der Waals surface area contributed by atoms with E-state index in [0.29, 0.717) is 41.9 Å². The maximum atomic E-state index is 12.3. The molecule has 35 heavy (non-hydrogen) atoms. The van der Waals surface area contributed by atoms with E-state index in [1.807, 2.05) is 0 Å². The Morgan fingerprint density at radius 2 is 1.63 bits per heavy atom. The minimum Gasteiger partial charge on any atom is -0.469 e. The Balaban J connectivity index is 1.58. The fourth-order valence-electron chi connectivity index (χ4n) is 9.48. The molecule has 6 nitrogen and oxygen atoms in total. The summed E-state index contributed by atoms with van der Waals surface area (Å²) < 4.78 is 16.7. The second-order valence-electron chi connectivity index (χ2n) is 12.6. The maximum Gasteiger partial charge on any atom is 0.305 e. The summed E-state index contributed by atoms with van der Waals surface area (Å²) in [6, 6.07) is 0. The second kappa shape index (κ2) is 10.0. The summed E-state index contributed by atoms with van der Waals surface area (Å²) in [5.74, 6) is 2.60. The first kappa shape index (κ1) is 26.5. The lowest BCUT2D eigenvalue weighted by molar-refractivity contribution is -0.197. The normalized spacial score (nSPS) is 43.2. The standard InChI is InChI=1S/C29H46O6/c1-17(7-12-27(32)33-6)23-10-11-24-22-9-8-20-15-21(34-18(2)30)13-14-28(20,4)25(22)16-26(29(23,24)5)35-19(3)31/h17,20-26H,7-16H2,1-6H3/t17-,20-,21-,22+,23-,24+,25+,26+,28+,29-/m0/s1. The topological polar surface area (TPSA) is 78.9 Å². The van der Waals surface area contributed by atoms with Crippen LogP contribution in [0.4, 0.5) is 0 Å². The molecule has 0 aromatic rings. The van der Waals surface area contributed by atoms with Gasteiger partial charge in [-0.3, -0.25) is 14.4 Å². The molecule has 4 aliphatic rings. The van der Waals surface area contributed by atoms with Crippen molar-refractivity contribution in [1.29, 1.82) is 0 Å². The Morgan fingerprint density at radius 3 is 2.29 bits per heavy atom. The van der Waals surface area contributed by atoms with Gasteiger partial charge in [0.1, 0.15) is 12.2 Å². The van der Waals surface area contributed by atoms with Crippen molar-refractivity contribution in [2.45, 2.75) is 111 Å². The van der Waals surface area contributed by atoms with E-state index < -0.39 is 0 Å². The van der Waals surface area contributed by atoms with E-state index >= 15 is 0 Å². The van der Waals surface area contributed by atoms with E-state index in [2.05, 4.69) is 20.8 Å². The molecule has 0 saturated heterocycles. The number of rotatable bonds is 6. The highest BCUT2D eigenvalue weighted by Crippen LogP contribution is 2.69. The van der Waals surface area contributed by atoms with Gasteiger partial charge in [-0.2, -0.15) is 0 Å². The number of hydrogen-bond acceptors (Lipinski definition) is 6. The summed E-state index contributed by atoms with van der Waals surface area (Å²) in [6.45, 7) is 10.2. The van der Waals surface area contributed by atoms with Gasteiger partial charge in [0.05, 0.1) is 7.11 Å². The van der Waals surface area contributed by atoms with Crippen molar-refractivity contribution in [2.24, 2.45) is 46.3 Å². The first-order chi connectivity index (χ1) is 16.5. The SMILES string of the molecule is COC(=O)CC[C@H](C)[C@@H]1CC[C@@H]2[C@H]3CC[C@H]4C[C@@H](OC(C)=O)CC[C@@]4(C)[C@@H]3C[C@@H](OC(C)=O)[C@]21C. The van der Waals surface area contributed by atoms with Crippen molar-refractivity contribution in [3.8, 4) is 0 Å². The van der Waals surface area contributed by atoms with Crippen LogP contribution in [0, 0.1) is 46.3 Å². The zero-order chi connectivity index (χ0) is 25.5. The molecule has 0 bridgehead atoms. The highest BCUT2D eigenvalue weighted by Gasteiger charge is 2.65. The second-order valence-corrected chi connectivity index (χ2v) is 12.6. The molecule has 0 aromatic carbocycles. The number of methoxy groups -OCH3 is 1. The molecule has 0 radical (unpaired) electrons. The van der Waals surface area contributed by atoms with Crippen molar-refractivity contribution in [3.63, 3.8) is 0 Å². The third-order valence-electron chi connectivity index (χ3n) is 11.1. The number of carbonyl (C=O) groups is 3. The van der Waals surface area contributed by atoms with Crippen LogP contribution in [0.25, 0.3) is 0 Å². The van der Waals surface area contributed by atoms with Gasteiger partial charge in [0.2, 0.25) is 0 Å². The lowest BCUT2D eigenvalue weighted by Gasteiger charge is -2.62. The number of hydrogen-bond donors (Lipinski definition) is 0. The number of ether oxygens (including phenoxy) is 3. The molecule has 0 amide bonds. The Kier molecular flexibility index (Phi) is 7.60. The summed E-state index contributed by atoms with van der Waals surface area (Å²) in [7, 11) is 1.45. The fourth-order valence-corrected chi connectivity index (χ4v) is 9.48. The smallest absolute Gasteiger partial charge is 0.305 e. The van der Waals surface area contributed by atoms with E-state index in [0.717, 1.165) is 38.5 Å². The Morgan fingerprint density at radius 1 is 0.914 bits per heavy atom. The van der Waals surface area contributed by atoms with E-state index in [1.165, 1.54) is 33.3 Å². The third kappa shape index (κ3) is 4.75. The van der Waals surface area contributed by atoms with Crippen LogP contribution in [-0.4, -0.2) is 37.2 Å². The molecule has 10 atom stereocenters. The van der Waals surface area contributed by atoms with Gasteiger partial charge in [0.15, 0.2) is 0 Å². The van der Waals surface area contributed by atoms with E-state index in [9.17, 15) is 14.4 Å². The fraction of sp³-hybridized carbons (Fsp3) is 0.897. The number of fused-ring (bicyclic) bond motifs is 5. The Bertz CT molecular complexity index is 824. The Labute approximate surface area is 211 Å². The van der Waals surface area contributed by atoms with Crippen LogP contribution in [0.3, 0.4) is 0 Å². The number of esters is 3. The molecule has 198 valence electrons. The zero-order valence-electron chi connectivity index (χ0n) is 22.6. The average molecular weight is 491 g/mol. The molecule has 4 fully saturated rings. The van der Waals surface area contributed by atoms with Gasteiger partial charge in [-0.25, -0.2) is 0 Å². The molecule has 0 aromatic heterocycles. The van der Waals surface area contributed by atoms with E-state index in [4.69, 9.17) is 14.2 Å². The first-order valence-electron chi connectivity index (χ1n) is 13.9. The van der Waals surface area contributed by atoms with Gasteiger partial charge in [-0.05, 0) is 98.7 Å². The number of carbonyl (C=O) groups excluding carboxylic acids is 3.